The average molecular weight is 167 g/mol. The summed E-state index contributed by atoms with van der Waals surface area (Å²) in [5, 5.41) is 0. The van der Waals surface area contributed by atoms with Crippen molar-refractivity contribution in [2.75, 3.05) is 0 Å². The van der Waals surface area contributed by atoms with Crippen LogP contribution in [-0.4, -0.2) is 4.98 Å². The highest BCUT2D eigenvalue weighted by molar-refractivity contribution is 4.89. The second kappa shape index (κ2) is 4.75. The van der Waals surface area contributed by atoms with Crippen LogP contribution in [0.4, 0.5) is 0 Å². The van der Waals surface area contributed by atoms with Crippen LogP contribution < -0.4 is 5.56 Å². The van der Waals surface area contributed by atoms with E-state index in [4.69, 9.17) is 0 Å². The Morgan fingerprint density at radius 3 is 1.83 bits per heavy atom. The van der Waals surface area contributed by atoms with Gasteiger partial charge in [-0.1, -0.05) is 33.8 Å². The van der Waals surface area contributed by atoms with E-state index in [1.165, 1.54) is 6.07 Å². The van der Waals surface area contributed by atoms with Gasteiger partial charge in [0.05, 0.1) is 0 Å². The maximum Gasteiger partial charge on any atom is 0.247 e. The molecule has 0 radical (unpaired) electrons. The van der Waals surface area contributed by atoms with E-state index >= 15 is 0 Å². The van der Waals surface area contributed by atoms with Gasteiger partial charge in [0.2, 0.25) is 5.56 Å². The molecule has 0 saturated heterocycles. The molecule has 1 aromatic rings. The molecule has 1 heterocycles. The molecule has 2 heteroatoms. The monoisotopic (exact) mass is 167 g/mol. The molecular formula is C10H17NO. The number of rotatable bonds is 0. The minimum absolute atomic E-state index is 0.0532. The van der Waals surface area contributed by atoms with Gasteiger partial charge >= 0.3 is 0 Å². The molecular weight excluding hydrogens is 150 g/mol. The van der Waals surface area contributed by atoms with Gasteiger partial charge in [0, 0.05) is 12.3 Å². The van der Waals surface area contributed by atoms with Gasteiger partial charge in [-0.25, -0.2) is 0 Å². The van der Waals surface area contributed by atoms with E-state index in [1.807, 2.05) is 0 Å². The van der Waals surface area contributed by atoms with Crippen molar-refractivity contribution < 1.29 is 0 Å². The maximum absolute atomic E-state index is 10.2. The fourth-order valence-corrected chi connectivity index (χ4v) is 0.377. The fourth-order valence-electron chi connectivity index (χ4n) is 0.377. The van der Waals surface area contributed by atoms with Crippen LogP contribution in [0.5, 0.6) is 0 Å². The Balaban J connectivity index is 0.000000217. The number of H-pyrrole nitrogens is 1. The van der Waals surface area contributed by atoms with Crippen LogP contribution in [0.2, 0.25) is 0 Å². The molecule has 0 aliphatic carbocycles. The minimum Gasteiger partial charge on any atom is -0.329 e. The zero-order chi connectivity index (χ0) is 9.61. The Morgan fingerprint density at radius 1 is 1.17 bits per heavy atom. The first-order valence-electron chi connectivity index (χ1n) is 4.03. The van der Waals surface area contributed by atoms with Crippen molar-refractivity contribution >= 4 is 0 Å². The van der Waals surface area contributed by atoms with E-state index in [9.17, 15) is 4.79 Å². The highest BCUT2D eigenvalue weighted by atomic mass is 16.1. The molecule has 1 rings (SSSR count). The molecule has 1 aromatic heterocycles. The first kappa shape index (κ1) is 11.0. The largest absolute Gasteiger partial charge is 0.329 e. The molecule has 0 aliphatic heterocycles. The topological polar surface area (TPSA) is 32.9 Å². The molecule has 0 amide bonds. The summed E-state index contributed by atoms with van der Waals surface area (Å²) in [7, 11) is 0. The lowest BCUT2D eigenvalue weighted by atomic mass is 10.0. The van der Waals surface area contributed by atoms with Crippen LogP contribution in [0.15, 0.2) is 29.2 Å². The minimum atomic E-state index is -0.0532. The van der Waals surface area contributed by atoms with Gasteiger partial charge < -0.3 is 4.98 Å². The molecule has 0 atom stereocenters. The smallest absolute Gasteiger partial charge is 0.247 e. The van der Waals surface area contributed by atoms with Crippen molar-refractivity contribution in [3.8, 4) is 0 Å². The third-order valence-electron chi connectivity index (χ3n) is 0.681. The third-order valence-corrected chi connectivity index (χ3v) is 0.681. The summed E-state index contributed by atoms with van der Waals surface area (Å²) in [5.74, 6) is 0. The molecule has 0 aliphatic rings. The number of aromatic amines is 1. The summed E-state index contributed by atoms with van der Waals surface area (Å²) in [4.78, 5) is 12.7. The third kappa shape index (κ3) is 11.7. The lowest BCUT2D eigenvalue weighted by Gasteiger charge is -2.05. The SMILES string of the molecule is CC(C)(C)C.O=c1cccc[nH]1. The van der Waals surface area contributed by atoms with Crippen molar-refractivity contribution in [3.05, 3.63) is 34.7 Å². The molecule has 1 N–H and O–H groups in total. The van der Waals surface area contributed by atoms with Crippen LogP contribution >= 0.6 is 0 Å². The number of hydrogen-bond acceptors (Lipinski definition) is 1. The van der Waals surface area contributed by atoms with Gasteiger partial charge in [0.25, 0.3) is 0 Å². The van der Waals surface area contributed by atoms with E-state index in [2.05, 4.69) is 32.7 Å². The lowest BCUT2D eigenvalue weighted by molar-refractivity contribution is 0.469. The van der Waals surface area contributed by atoms with E-state index in [0.717, 1.165) is 0 Å². The molecule has 0 fully saturated rings. The van der Waals surface area contributed by atoms with Crippen molar-refractivity contribution in [2.24, 2.45) is 5.41 Å². The van der Waals surface area contributed by atoms with Gasteiger partial charge in [-0.15, -0.1) is 0 Å². The Bertz CT molecular complexity index is 234. The molecule has 0 aromatic carbocycles. The molecule has 0 saturated carbocycles. The molecule has 68 valence electrons. The highest BCUT2D eigenvalue weighted by Gasteiger charge is 1.95. The van der Waals surface area contributed by atoms with Gasteiger partial charge in [0.1, 0.15) is 0 Å². The molecule has 0 unspecified atom stereocenters. The Hall–Kier alpha value is -1.05. The summed E-state index contributed by atoms with van der Waals surface area (Å²) >= 11 is 0. The van der Waals surface area contributed by atoms with Crippen LogP contribution in [0.1, 0.15) is 27.7 Å². The summed E-state index contributed by atoms with van der Waals surface area (Å²) in [6, 6.07) is 4.93. The summed E-state index contributed by atoms with van der Waals surface area (Å²) in [6.45, 7) is 8.75. The van der Waals surface area contributed by atoms with Crippen molar-refractivity contribution in [1.82, 2.24) is 4.98 Å². The van der Waals surface area contributed by atoms with Gasteiger partial charge in [0.15, 0.2) is 0 Å². The summed E-state index contributed by atoms with van der Waals surface area (Å²) in [6.07, 6.45) is 1.60. The summed E-state index contributed by atoms with van der Waals surface area (Å²) in [5.41, 5.74) is 0.447. The molecule has 12 heavy (non-hydrogen) atoms. The average Bonchev–Trinajstić information content (AvgIpc) is 1.85. The fraction of sp³-hybridized carbons (Fsp3) is 0.500. The van der Waals surface area contributed by atoms with E-state index in [-0.39, 0.29) is 5.56 Å². The normalized spacial score (nSPS) is 10.0. The standard InChI is InChI=1S/C5H5NO.C5H12/c7-5-3-1-2-4-6-5;1-5(2,3)4/h1-4H,(H,6,7);1-4H3. The zero-order valence-corrected chi connectivity index (χ0v) is 8.22. The predicted molar refractivity (Wildman–Crippen MR) is 52.2 cm³/mol. The number of aromatic nitrogens is 1. The van der Waals surface area contributed by atoms with Crippen molar-refractivity contribution in [3.63, 3.8) is 0 Å². The molecule has 0 bridgehead atoms. The van der Waals surface area contributed by atoms with Crippen LogP contribution in [0, 0.1) is 5.41 Å². The second-order valence-electron chi connectivity index (χ2n) is 4.23. The van der Waals surface area contributed by atoms with Crippen LogP contribution in [-0.2, 0) is 0 Å². The van der Waals surface area contributed by atoms with Gasteiger partial charge in [-0.2, -0.15) is 0 Å². The quantitative estimate of drug-likeness (QED) is 0.632. The zero-order valence-electron chi connectivity index (χ0n) is 8.22. The van der Waals surface area contributed by atoms with Crippen LogP contribution in [0.25, 0.3) is 0 Å². The van der Waals surface area contributed by atoms with Crippen molar-refractivity contribution in [1.29, 1.82) is 0 Å². The maximum atomic E-state index is 10.2. The Labute approximate surface area is 73.6 Å². The Kier molecular flexibility index (Phi) is 4.34. The van der Waals surface area contributed by atoms with Crippen LogP contribution in [0.3, 0.4) is 0 Å². The van der Waals surface area contributed by atoms with Gasteiger partial charge in [-0.3, -0.25) is 4.79 Å². The highest BCUT2D eigenvalue weighted by Crippen LogP contribution is 2.07. The summed E-state index contributed by atoms with van der Waals surface area (Å²) < 4.78 is 0. The molecule has 2 nitrogen and oxygen atoms in total. The number of hydrogen-bond donors (Lipinski definition) is 1. The second-order valence-corrected chi connectivity index (χ2v) is 4.23. The van der Waals surface area contributed by atoms with E-state index < -0.39 is 0 Å². The van der Waals surface area contributed by atoms with Crippen molar-refractivity contribution in [2.45, 2.75) is 27.7 Å². The first-order valence-corrected chi connectivity index (χ1v) is 4.03. The van der Waals surface area contributed by atoms with E-state index in [1.54, 1.807) is 18.3 Å². The molecule has 0 spiro atoms. The van der Waals surface area contributed by atoms with Gasteiger partial charge in [-0.05, 0) is 11.5 Å². The van der Waals surface area contributed by atoms with E-state index in [0.29, 0.717) is 5.41 Å². The number of nitrogens with one attached hydrogen (secondary N) is 1. The lowest BCUT2D eigenvalue weighted by Crippen LogP contribution is -1.98. The Morgan fingerprint density at radius 2 is 1.67 bits per heavy atom. The first-order chi connectivity index (χ1) is 5.39. The predicted octanol–water partition coefficient (Wildman–Crippen LogP) is 2.43. The number of pyridine rings is 1.